The van der Waals surface area contributed by atoms with Crippen LogP contribution >= 0.6 is 0 Å². The molecule has 1 aliphatic heterocycles. The van der Waals surface area contributed by atoms with Crippen LogP contribution in [0.5, 0.6) is 0 Å². The summed E-state index contributed by atoms with van der Waals surface area (Å²) in [6.45, 7) is 5.11. The van der Waals surface area contributed by atoms with E-state index in [0.717, 1.165) is 60.2 Å². The lowest BCUT2D eigenvalue weighted by Crippen LogP contribution is -2.47. The number of para-hydroxylation sites is 1. The molecule has 0 atom stereocenters. The van der Waals surface area contributed by atoms with Gasteiger partial charge in [0.1, 0.15) is 5.82 Å². The number of aryl methyl sites for hydroxylation is 1. The number of rotatable bonds is 3. The molecule has 1 fully saturated rings. The van der Waals surface area contributed by atoms with Gasteiger partial charge in [0.15, 0.2) is 5.65 Å². The molecule has 29 heavy (non-hydrogen) atoms. The molecule has 1 aliphatic rings. The summed E-state index contributed by atoms with van der Waals surface area (Å²) in [7, 11) is 0. The van der Waals surface area contributed by atoms with Gasteiger partial charge >= 0.3 is 0 Å². The first-order valence-corrected chi connectivity index (χ1v) is 9.46. The first-order valence-electron chi connectivity index (χ1n) is 9.46. The second-order valence-corrected chi connectivity index (χ2v) is 7.08. The Bertz CT molecular complexity index is 1210. The van der Waals surface area contributed by atoms with Crippen LogP contribution in [0.25, 0.3) is 16.6 Å². The maximum atomic E-state index is 10.9. The monoisotopic (exact) mass is 389 g/mol. The van der Waals surface area contributed by atoms with Crippen LogP contribution in [0.1, 0.15) is 5.82 Å². The van der Waals surface area contributed by atoms with Crippen molar-refractivity contribution >= 4 is 33.9 Å². The van der Waals surface area contributed by atoms with Crippen molar-refractivity contribution in [2.24, 2.45) is 0 Å². The zero-order valence-corrected chi connectivity index (χ0v) is 15.9. The van der Waals surface area contributed by atoms with Gasteiger partial charge in [-0.2, -0.15) is 0 Å². The van der Waals surface area contributed by atoms with Crippen molar-refractivity contribution in [3.63, 3.8) is 0 Å². The normalized spacial score (nSPS) is 14.7. The molecule has 2 aromatic carbocycles. The van der Waals surface area contributed by atoms with Gasteiger partial charge in [0.2, 0.25) is 5.95 Å². The van der Waals surface area contributed by atoms with Gasteiger partial charge in [0.05, 0.1) is 10.4 Å². The summed E-state index contributed by atoms with van der Waals surface area (Å²) in [6.07, 6.45) is 0. The highest BCUT2D eigenvalue weighted by molar-refractivity contribution is 5.92. The number of hydrogen-bond acceptors (Lipinski definition) is 7. The Morgan fingerprint density at radius 2 is 1.62 bits per heavy atom. The van der Waals surface area contributed by atoms with E-state index in [1.54, 1.807) is 12.1 Å². The third kappa shape index (κ3) is 2.91. The Morgan fingerprint density at radius 1 is 0.931 bits per heavy atom. The first kappa shape index (κ1) is 17.4. The summed E-state index contributed by atoms with van der Waals surface area (Å²) in [5.41, 5.74) is 2.83. The smallest absolute Gasteiger partial charge is 0.269 e. The van der Waals surface area contributed by atoms with E-state index in [4.69, 9.17) is 4.98 Å². The average molecular weight is 389 g/mol. The van der Waals surface area contributed by atoms with Crippen LogP contribution in [0, 0.1) is 17.0 Å². The number of nitro benzene ring substituents is 1. The molecule has 0 N–H and O–H groups in total. The molecule has 0 unspecified atom stereocenters. The summed E-state index contributed by atoms with van der Waals surface area (Å²) in [5.74, 6) is 1.66. The predicted molar refractivity (Wildman–Crippen MR) is 111 cm³/mol. The molecule has 4 aromatic rings. The van der Waals surface area contributed by atoms with Gasteiger partial charge in [0, 0.05) is 49.4 Å². The summed E-state index contributed by atoms with van der Waals surface area (Å²) >= 11 is 0. The SMILES string of the molecule is Cc1nnc2c3ccccc3nc(N3CCN(c4ccc([N+](=O)[O-])cc4)CC3)n12. The highest BCUT2D eigenvalue weighted by Crippen LogP contribution is 2.26. The van der Waals surface area contributed by atoms with Gasteiger partial charge in [-0.05, 0) is 31.2 Å². The highest BCUT2D eigenvalue weighted by Gasteiger charge is 2.23. The third-order valence-corrected chi connectivity index (χ3v) is 5.38. The van der Waals surface area contributed by atoms with Crippen LogP contribution in [0.4, 0.5) is 17.3 Å². The van der Waals surface area contributed by atoms with E-state index in [9.17, 15) is 10.1 Å². The van der Waals surface area contributed by atoms with Gasteiger partial charge in [-0.15, -0.1) is 10.2 Å². The molecule has 0 aliphatic carbocycles. The van der Waals surface area contributed by atoms with Crippen molar-refractivity contribution in [2.45, 2.75) is 6.92 Å². The molecule has 0 bridgehead atoms. The number of anilines is 2. The second-order valence-electron chi connectivity index (χ2n) is 7.08. The van der Waals surface area contributed by atoms with E-state index in [1.807, 2.05) is 47.7 Å². The molecule has 2 aromatic heterocycles. The van der Waals surface area contributed by atoms with Crippen LogP contribution in [-0.2, 0) is 0 Å². The topological polar surface area (TPSA) is 92.7 Å². The van der Waals surface area contributed by atoms with Crippen LogP contribution in [0.15, 0.2) is 48.5 Å². The summed E-state index contributed by atoms with van der Waals surface area (Å²) in [5, 5.41) is 20.5. The lowest BCUT2D eigenvalue weighted by Gasteiger charge is -2.36. The predicted octanol–water partition coefficient (Wildman–Crippen LogP) is 2.82. The molecule has 5 rings (SSSR count). The molecule has 9 heteroatoms. The number of benzene rings is 2. The number of fused-ring (bicyclic) bond motifs is 3. The van der Waals surface area contributed by atoms with Crippen molar-refractivity contribution in [2.75, 3.05) is 36.0 Å². The third-order valence-electron chi connectivity index (χ3n) is 5.38. The fourth-order valence-corrected chi connectivity index (χ4v) is 3.86. The van der Waals surface area contributed by atoms with Crippen molar-refractivity contribution in [3.8, 4) is 0 Å². The Labute approximate surface area is 166 Å². The van der Waals surface area contributed by atoms with E-state index in [-0.39, 0.29) is 10.6 Å². The molecular formula is C20H19N7O2. The molecule has 9 nitrogen and oxygen atoms in total. The Kier molecular flexibility index (Phi) is 4.01. The maximum absolute atomic E-state index is 10.9. The van der Waals surface area contributed by atoms with Crippen molar-refractivity contribution in [1.82, 2.24) is 19.6 Å². The highest BCUT2D eigenvalue weighted by atomic mass is 16.6. The van der Waals surface area contributed by atoms with Gasteiger partial charge in [-0.3, -0.25) is 10.1 Å². The van der Waals surface area contributed by atoms with Crippen molar-refractivity contribution < 1.29 is 4.92 Å². The fraction of sp³-hybridized carbons (Fsp3) is 0.250. The van der Waals surface area contributed by atoms with E-state index in [1.165, 1.54) is 0 Å². The molecule has 0 radical (unpaired) electrons. The maximum Gasteiger partial charge on any atom is 0.269 e. The minimum Gasteiger partial charge on any atom is -0.368 e. The number of nitrogens with zero attached hydrogens (tertiary/aromatic N) is 7. The average Bonchev–Trinajstić information content (AvgIpc) is 3.15. The Morgan fingerprint density at radius 3 is 2.34 bits per heavy atom. The van der Waals surface area contributed by atoms with Crippen LogP contribution in [-0.4, -0.2) is 50.7 Å². The van der Waals surface area contributed by atoms with Crippen molar-refractivity contribution in [1.29, 1.82) is 0 Å². The number of hydrogen-bond donors (Lipinski definition) is 0. The summed E-state index contributed by atoms with van der Waals surface area (Å²) in [4.78, 5) is 19.9. The van der Waals surface area contributed by atoms with Gasteiger partial charge < -0.3 is 9.80 Å². The molecule has 0 amide bonds. The van der Waals surface area contributed by atoms with E-state index < -0.39 is 0 Å². The number of nitro groups is 1. The molecule has 3 heterocycles. The first-order chi connectivity index (χ1) is 14.1. The van der Waals surface area contributed by atoms with Gasteiger partial charge in [0.25, 0.3) is 5.69 Å². The lowest BCUT2D eigenvalue weighted by molar-refractivity contribution is -0.384. The quantitative estimate of drug-likeness (QED) is 0.393. The van der Waals surface area contributed by atoms with Crippen LogP contribution in [0.3, 0.4) is 0 Å². The van der Waals surface area contributed by atoms with Gasteiger partial charge in [-0.25, -0.2) is 9.38 Å². The zero-order valence-electron chi connectivity index (χ0n) is 15.9. The summed E-state index contributed by atoms with van der Waals surface area (Å²) in [6, 6.07) is 14.7. The lowest BCUT2D eigenvalue weighted by atomic mass is 10.2. The molecule has 1 saturated heterocycles. The van der Waals surface area contributed by atoms with Gasteiger partial charge in [-0.1, -0.05) is 12.1 Å². The summed E-state index contributed by atoms with van der Waals surface area (Å²) < 4.78 is 2.02. The fourth-order valence-electron chi connectivity index (χ4n) is 3.86. The zero-order chi connectivity index (χ0) is 20.0. The Balaban J connectivity index is 1.44. The van der Waals surface area contributed by atoms with Crippen LogP contribution in [0.2, 0.25) is 0 Å². The molecular weight excluding hydrogens is 370 g/mol. The number of piperazine rings is 1. The van der Waals surface area contributed by atoms with E-state index in [0.29, 0.717) is 0 Å². The number of aromatic nitrogens is 4. The Hall–Kier alpha value is -3.75. The second kappa shape index (κ2) is 6.69. The van der Waals surface area contributed by atoms with Crippen molar-refractivity contribution in [3.05, 3.63) is 64.5 Å². The molecule has 0 spiro atoms. The largest absolute Gasteiger partial charge is 0.368 e. The molecule has 0 saturated carbocycles. The van der Waals surface area contributed by atoms with E-state index >= 15 is 0 Å². The van der Waals surface area contributed by atoms with E-state index in [2.05, 4.69) is 20.0 Å². The van der Waals surface area contributed by atoms with Crippen LogP contribution < -0.4 is 9.80 Å². The standard InChI is InChI=1S/C20H19N7O2/c1-14-22-23-19-17-4-2-3-5-18(17)21-20(26(14)19)25-12-10-24(11-13-25)15-6-8-16(9-7-15)27(28)29/h2-9H,10-13H2,1H3. The minimum absolute atomic E-state index is 0.109. The number of non-ortho nitro benzene ring substituents is 1. The molecule has 146 valence electrons. The minimum atomic E-state index is -0.375.